The molecule has 3 aromatic rings. The van der Waals surface area contributed by atoms with Crippen LogP contribution in [0.4, 0.5) is 0 Å². The largest absolute Gasteiger partial charge is 0.493 e. The minimum atomic E-state index is -0.794. The maximum atomic E-state index is 13.9. The summed E-state index contributed by atoms with van der Waals surface area (Å²) in [6, 6.07) is 21.9. The lowest BCUT2D eigenvalue weighted by Crippen LogP contribution is -2.38. The van der Waals surface area contributed by atoms with Gasteiger partial charge in [0.15, 0.2) is 17.3 Å². The van der Waals surface area contributed by atoms with Gasteiger partial charge >= 0.3 is 11.9 Å². The SMILES string of the molecule is COC(=O)c1ccc([C@@H]2C3=C(C[C@@H](c4ccc(OC)c(OC)c4)CC3=O)N=C(C)C2C(=O)OCc2ccccc2)cc1. The quantitative estimate of drug-likeness (QED) is 0.317. The van der Waals surface area contributed by atoms with Crippen molar-refractivity contribution in [2.45, 2.75) is 38.2 Å². The van der Waals surface area contributed by atoms with E-state index in [1.165, 1.54) is 7.11 Å². The van der Waals surface area contributed by atoms with Crippen molar-refractivity contribution in [3.05, 3.63) is 106 Å². The first kappa shape index (κ1) is 28.8. The summed E-state index contributed by atoms with van der Waals surface area (Å²) in [5.74, 6) is -1.30. The van der Waals surface area contributed by atoms with E-state index < -0.39 is 23.8 Å². The Morgan fingerprint density at radius 3 is 2.21 bits per heavy atom. The van der Waals surface area contributed by atoms with Gasteiger partial charge < -0.3 is 18.9 Å². The lowest BCUT2D eigenvalue weighted by Gasteiger charge is -2.36. The van der Waals surface area contributed by atoms with Crippen LogP contribution in [0.15, 0.2) is 89.1 Å². The summed E-state index contributed by atoms with van der Waals surface area (Å²) in [4.78, 5) is 44.5. The summed E-state index contributed by atoms with van der Waals surface area (Å²) >= 11 is 0. The Hall–Kier alpha value is -4.72. The lowest BCUT2D eigenvalue weighted by atomic mass is 9.69. The van der Waals surface area contributed by atoms with Crippen molar-refractivity contribution in [1.29, 1.82) is 0 Å². The number of methoxy groups -OCH3 is 3. The molecule has 0 radical (unpaired) electrons. The molecule has 0 spiro atoms. The van der Waals surface area contributed by atoms with Crippen LogP contribution in [0.5, 0.6) is 11.5 Å². The van der Waals surface area contributed by atoms with E-state index in [1.54, 1.807) is 45.4 Å². The molecule has 2 aliphatic rings. The second-order valence-corrected chi connectivity index (χ2v) is 10.4. The van der Waals surface area contributed by atoms with Crippen molar-refractivity contribution in [3.63, 3.8) is 0 Å². The van der Waals surface area contributed by atoms with Crippen molar-refractivity contribution >= 4 is 23.4 Å². The van der Waals surface area contributed by atoms with Crippen LogP contribution in [0, 0.1) is 5.92 Å². The van der Waals surface area contributed by atoms with Crippen molar-refractivity contribution in [3.8, 4) is 11.5 Å². The van der Waals surface area contributed by atoms with Crippen LogP contribution < -0.4 is 9.47 Å². The molecule has 8 nitrogen and oxygen atoms in total. The molecule has 0 fully saturated rings. The molecule has 3 atom stereocenters. The van der Waals surface area contributed by atoms with Crippen LogP contribution in [0.25, 0.3) is 0 Å². The Bertz CT molecular complexity index is 1560. The first-order valence-corrected chi connectivity index (χ1v) is 13.8. The molecule has 42 heavy (non-hydrogen) atoms. The van der Waals surface area contributed by atoms with Gasteiger partial charge in [-0.25, -0.2) is 4.79 Å². The highest BCUT2D eigenvalue weighted by Gasteiger charge is 2.45. The number of nitrogens with zero attached hydrogens (tertiary/aromatic N) is 1. The van der Waals surface area contributed by atoms with Crippen molar-refractivity contribution in [2.75, 3.05) is 21.3 Å². The highest BCUT2D eigenvalue weighted by atomic mass is 16.5. The fourth-order valence-electron chi connectivity index (χ4n) is 5.83. The second kappa shape index (κ2) is 12.4. The van der Waals surface area contributed by atoms with Gasteiger partial charge in [-0.15, -0.1) is 0 Å². The third kappa shape index (κ3) is 5.70. The fourth-order valence-corrected chi connectivity index (χ4v) is 5.83. The maximum absolute atomic E-state index is 13.9. The first-order valence-electron chi connectivity index (χ1n) is 13.8. The zero-order chi connectivity index (χ0) is 29.8. The molecular weight excluding hydrogens is 534 g/mol. The highest BCUT2D eigenvalue weighted by Crippen LogP contribution is 2.47. The predicted molar refractivity (Wildman–Crippen MR) is 157 cm³/mol. The standard InChI is InChI=1S/C34H33NO7/c1-20-30(34(38)42-19-21-8-6-5-7-9-21)31(22-10-12-23(13-11-22)33(37)41-4)32-26(35-20)16-25(17-27(32)36)24-14-15-28(39-2)29(18-24)40-3/h5-15,18,25,30-31H,16-17,19H2,1-4H3/t25-,30?,31+/m1/s1. The number of aliphatic imine (C=N–C) groups is 1. The summed E-state index contributed by atoms with van der Waals surface area (Å²) in [5.41, 5.74) is 4.68. The molecule has 1 heterocycles. The molecular formula is C34H33NO7. The van der Waals surface area contributed by atoms with Gasteiger partial charge in [0.05, 0.1) is 26.9 Å². The van der Waals surface area contributed by atoms with Crippen molar-refractivity contribution < 1.29 is 33.3 Å². The number of carbonyl (C=O) groups is 3. The Balaban J connectivity index is 1.52. The van der Waals surface area contributed by atoms with Crippen LogP contribution in [-0.4, -0.2) is 44.8 Å². The third-order valence-electron chi connectivity index (χ3n) is 7.94. The minimum Gasteiger partial charge on any atom is -0.493 e. The highest BCUT2D eigenvalue weighted by molar-refractivity contribution is 6.09. The molecule has 1 unspecified atom stereocenters. The average molecular weight is 568 g/mol. The minimum absolute atomic E-state index is 0.0739. The number of benzene rings is 3. The van der Waals surface area contributed by atoms with E-state index in [2.05, 4.69) is 0 Å². The van der Waals surface area contributed by atoms with Crippen LogP contribution in [-0.2, 0) is 25.7 Å². The summed E-state index contributed by atoms with van der Waals surface area (Å²) in [6.07, 6.45) is 0.780. The van der Waals surface area contributed by atoms with Crippen LogP contribution in [0.2, 0.25) is 0 Å². The number of esters is 2. The summed E-state index contributed by atoms with van der Waals surface area (Å²) in [7, 11) is 4.48. The van der Waals surface area contributed by atoms with Crippen LogP contribution >= 0.6 is 0 Å². The zero-order valence-corrected chi connectivity index (χ0v) is 24.1. The Labute approximate surface area is 245 Å². The van der Waals surface area contributed by atoms with Gasteiger partial charge in [-0.05, 0) is 60.2 Å². The zero-order valence-electron chi connectivity index (χ0n) is 24.1. The van der Waals surface area contributed by atoms with Gasteiger partial charge in [0.25, 0.3) is 0 Å². The van der Waals surface area contributed by atoms with E-state index in [0.29, 0.717) is 40.5 Å². The van der Waals surface area contributed by atoms with Gasteiger partial charge in [-0.2, -0.15) is 0 Å². The maximum Gasteiger partial charge on any atom is 0.337 e. The molecule has 0 N–H and O–H groups in total. The van der Waals surface area contributed by atoms with Gasteiger partial charge in [0.1, 0.15) is 12.5 Å². The number of rotatable bonds is 8. The van der Waals surface area contributed by atoms with Gasteiger partial charge in [0, 0.05) is 29.3 Å². The first-order chi connectivity index (χ1) is 20.3. The van der Waals surface area contributed by atoms with Crippen LogP contribution in [0.3, 0.4) is 0 Å². The summed E-state index contributed by atoms with van der Waals surface area (Å²) < 4.78 is 21.5. The topological polar surface area (TPSA) is 100 Å². The normalized spacial score (nSPS) is 19.9. The molecule has 0 bridgehead atoms. The summed E-state index contributed by atoms with van der Waals surface area (Å²) in [5, 5.41) is 0. The summed E-state index contributed by atoms with van der Waals surface area (Å²) in [6.45, 7) is 1.91. The Morgan fingerprint density at radius 2 is 1.55 bits per heavy atom. The number of Topliss-reactive ketones (excluding diaryl/α,β-unsaturated/α-hetero) is 1. The smallest absolute Gasteiger partial charge is 0.337 e. The number of carbonyl (C=O) groups excluding carboxylic acids is 3. The predicted octanol–water partition coefficient (Wildman–Crippen LogP) is 5.81. The Morgan fingerprint density at radius 1 is 0.857 bits per heavy atom. The molecule has 1 aliphatic heterocycles. The second-order valence-electron chi connectivity index (χ2n) is 10.4. The van der Waals surface area contributed by atoms with Crippen LogP contribution in [0.1, 0.15) is 58.6 Å². The van der Waals surface area contributed by atoms with Crippen molar-refractivity contribution in [1.82, 2.24) is 0 Å². The fraction of sp³-hybridized carbons (Fsp3) is 0.294. The van der Waals surface area contributed by atoms with E-state index in [9.17, 15) is 14.4 Å². The molecule has 1 aliphatic carbocycles. The molecule has 5 rings (SSSR count). The molecule has 0 saturated carbocycles. The molecule has 0 aromatic heterocycles. The number of ketones is 1. The van der Waals surface area contributed by atoms with E-state index in [-0.39, 0.29) is 24.7 Å². The molecule has 3 aromatic carbocycles. The van der Waals surface area contributed by atoms with E-state index in [1.807, 2.05) is 48.5 Å². The monoisotopic (exact) mass is 567 g/mol. The number of hydrogen-bond donors (Lipinski definition) is 0. The van der Waals surface area contributed by atoms with E-state index in [0.717, 1.165) is 16.7 Å². The van der Waals surface area contributed by atoms with Gasteiger partial charge in [-0.1, -0.05) is 48.5 Å². The third-order valence-corrected chi connectivity index (χ3v) is 7.94. The average Bonchev–Trinajstić information content (AvgIpc) is 3.02. The molecule has 216 valence electrons. The van der Waals surface area contributed by atoms with E-state index >= 15 is 0 Å². The number of allylic oxidation sites excluding steroid dienone is 2. The number of hydrogen-bond acceptors (Lipinski definition) is 8. The van der Waals surface area contributed by atoms with Crippen molar-refractivity contribution in [2.24, 2.45) is 10.9 Å². The molecule has 8 heteroatoms. The number of ether oxygens (including phenoxy) is 4. The lowest BCUT2D eigenvalue weighted by molar-refractivity contribution is -0.148. The van der Waals surface area contributed by atoms with Gasteiger partial charge in [-0.3, -0.25) is 14.6 Å². The Kier molecular flexibility index (Phi) is 8.52. The van der Waals surface area contributed by atoms with E-state index in [4.69, 9.17) is 23.9 Å². The van der Waals surface area contributed by atoms with Gasteiger partial charge in [0.2, 0.25) is 0 Å². The molecule has 0 amide bonds. The molecule has 0 saturated heterocycles.